The Labute approximate surface area is 174 Å². The molecule has 3 N–H and O–H groups in total. The maximum Gasteiger partial charge on any atom is 0.203 e. The Bertz CT molecular complexity index is 1190. The third kappa shape index (κ3) is 3.70. The summed E-state index contributed by atoms with van der Waals surface area (Å²) in [6, 6.07) is 10.0. The van der Waals surface area contributed by atoms with Gasteiger partial charge in [0.1, 0.15) is 34.9 Å². The van der Waals surface area contributed by atoms with Gasteiger partial charge in [0.2, 0.25) is 5.13 Å². The molecule has 0 saturated carbocycles. The maximum absolute atomic E-state index is 14.6. The van der Waals surface area contributed by atoms with Crippen LogP contribution >= 0.6 is 11.3 Å². The summed E-state index contributed by atoms with van der Waals surface area (Å²) in [7, 11) is 0. The molecule has 0 fully saturated rings. The number of hydrogen-bond donors (Lipinski definition) is 2. The van der Waals surface area contributed by atoms with Crippen LogP contribution in [0.3, 0.4) is 0 Å². The van der Waals surface area contributed by atoms with Crippen LogP contribution in [0.1, 0.15) is 11.1 Å². The van der Waals surface area contributed by atoms with Crippen molar-refractivity contribution in [3.05, 3.63) is 84.5 Å². The van der Waals surface area contributed by atoms with E-state index < -0.39 is 17.2 Å². The Hall–Kier alpha value is -3.50. The van der Waals surface area contributed by atoms with E-state index in [1.165, 1.54) is 34.7 Å². The summed E-state index contributed by atoms with van der Waals surface area (Å²) < 4.78 is 29.4. The zero-order valence-corrected chi connectivity index (χ0v) is 16.4. The number of aromatic nitrogens is 5. The zero-order valence-electron chi connectivity index (χ0n) is 15.5. The van der Waals surface area contributed by atoms with Crippen molar-refractivity contribution in [3.8, 4) is 10.6 Å². The molecule has 0 spiro atoms. The van der Waals surface area contributed by atoms with E-state index in [9.17, 15) is 13.9 Å². The molecular weight excluding hydrogens is 410 g/mol. The van der Waals surface area contributed by atoms with Crippen molar-refractivity contribution in [3.63, 3.8) is 0 Å². The average molecular weight is 426 g/mol. The Morgan fingerprint density at radius 2 is 1.93 bits per heavy atom. The normalized spacial score (nSPS) is 13.2. The van der Waals surface area contributed by atoms with Crippen molar-refractivity contribution in [2.24, 2.45) is 0 Å². The summed E-state index contributed by atoms with van der Waals surface area (Å²) in [5.74, 6) is -1.63. The first-order valence-electron chi connectivity index (χ1n) is 8.76. The number of halogens is 2. The van der Waals surface area contributed by atoms with Gasteiger partial charge >= 0.3 is 0 Å². The van der Waals surface area contributed by atoms with Crippen molar-refractivity contribution in [1.29, 1.82) is 0 Å². The smallest absolute Gasteiger partial charge is 0.203 e. The van der Waals surface area contributed by atoms with Gasteiger partial charge in [-0.05, 0) is 23.3 Å². The molecule has 4 rings (SSSR count). The summed E-state index contributed by atoms with van der Waals surface area (Å²) in [5.41, 5.74) is 5.16. The monoisotopic (exact) mass is 426 g/mol. The quantitative estimate of drug-likeness (QED) is 0.491. The second-order valence-corrected chi connectivity index (χ2v) is 7.59. The number of nitrogens with two attached hydrogens (primary N) is 1. The highest BCUT2D eigenvalue weighted by Crippen LogP contribution is 2.38. The fraction of sp³-hybridized carbons (Fsp3) is 0.100. The molecule has 2 heterocycles. The molecule has 0 radical (unpaired) electrons. The number of nitrogen functional groups attached to an aromatic ring is 1. The lowest BCUT2D eigenvalue weighted by atomic mass is 9.82. The first kappa shape index (κ1) is 19.8. The van der Waals surface area contributed by atoms with Crippen LogP contribution in [0.4, 0.5) is 13.9 Å². The summed E-state index contributed by atoms with van der Waals surface area (Å²) in [4.78, 5) is 3.85. The van der Waals surface area contributed by atoms with E-state index in [2.05, 4.69) is 26.9 Å². The van der Waals surface area contributed by atoms with Crippen LogP contribution in [0.5, 0.6) is 0 Å². The standard InChI is InChI=1S/C20H16F2N6OS/c1-12(13-2-4-14(5-3-13)18-26-27-19(23)30-18)20(29,9-28-11-24-10-25-28)16-7-6-15(21)8-17(16)22/h2-8,10-11,29H,1,9H2,(H2,23,27). The molecular formula is C20H16F2N6OS. The van der Waals surface area contributed by atoms with Crippen LogP contribution in [-0.2, 0) is 12.1 Å². The highest BCUT2D eigenvalue weighted by molar-refractivity contribution is 7.18. The van der Waals surface area contributed by atoms with Gasteiger partial charge in [-0.15, -0.1) is 10.2 Å². The van der Waals surface area contributed by atoms with Gasteiger partial charge in [-0.1, -0.05) is 42.2 Å². The maximum atomic E-state index is 14.6. The van der Waals surface area contributed by atoms with Gasteiger partial charge in [0.05, 0.1) is 6.54 Å². The van der Waals surface area contributed by atoms with E-state index in [4.69, 9.17) is 5.73 Å². The number of aliphatic hydroxyl groups is 1. The van der Waals surface area contributed by atoms with Crippen LogP contribution < -0.4 is 5.73 Å². The van der Waals surface area contributed by atoms with Crippen LogP contribution in [0.15, 0.2) is 61.7 Å². The Kier molecular flexibility index (Phi) is 5.10. The summed E-state index contributed by atoms with van der Waals surface area (Å²) in [6.45, 7) is 3.84. The largest absolute Gasteiger partial charge is 0.378 e. The molecule has 1 unspecified atom stereocenters. The van der Waals surface area contributed by atoms with Gasteiger partial charge in [0.15, 0.2) is 0 Å². The minimum atomic E-state index is -1.90. The molecule has 1 atom stereocenters. The van der Waals surface area contributed by atoms with E-state index in [0.29, 0.717) is 15.7 Å². The Morgan fingerprint density at radius 1 is 1.17 bits per heavy atom. The molecule has 7 nitrogen and oxygen atoms in total. The highest BCUT2D eigenvalue weighted by atomic mass is 32.1. The van der Waals surface area contributed by atoms with Crippen molar-refractivity contribution in [2.45, 2.75) is 12.1 Å². The molecule has 0 amide bonds. The Balaban J connectivity index is 1.73. The molecule has 0 bridgehead atoms. The molecule has 30 heavy (non-hydrogen) atoms. The number of nitrogens with zero attached hydrogens (tertiary/aromatic N) is 5. The zero-order chi connectivity index (χ0) is 21.3. The molecule has 10 heteroatoms. The summed E-state index contributed by atoms with van der Waals surface area (Å²) >= 11 is 1.24. The predicted molar refractivity (Wildman–Crippen MR) is 109 cm³/mol. The summed E-state index contributed by atoms with van der Waals surface area (Å²) in [6.07, 6.45) is 2.69. The van der Waals surface area contributed by atoms with Crippen molar-refractivity contribution in [1.82, 2.24) is 25.0 Å². The highest BCUT2D eigenvalue weighted by Gasteiger charge is 2.37. The molecule has 2 aromatic carbocycles. The molecule has 4 aromatic rings. The predicted octanol–water partition coefficient (Wildman–Crippen LogP) is 3.26. The van der Waals surface area contributed by atoms with Crippen LogP contribution in [0.2, 0.25) is 0 Å². The molecule has 0 aliphatic carbocycles. The second kappa shape index (κ2) is 7.73. The third-order valence-corrected chi connectivity index (χ3v) is 5.46. The number of rotatable bonds is 6. The van der Waals surface area contributed by atoms with Crippen LogP contribution in [0.25, 0.3) is 16.1 Å². The fourth-order valence-electron chi connectivity index (χ4n) is 3.12. The van der Waals surface area contributed by atoms with Gasteiger partial charge in [0.25, 0.3) is 0 Å². The third-order valence-electron chi connectivity index (χ3n) is 4.65. The lowest BCUT2D eigenvalue weighted by molar-refractivity contribution is 0.0726. The van der Waals surface area contributed by atoms with E-state index >= 15 is 0 Å². The average Bonchev–Trinajstić information content (AvgIpc) is 3.39. The molecule has 152 valence electrons. The Morgan fingerprint density at radius 3 is 2.53 bits per heavy atom. The van der Waals surface area contributed by atoms with Crippen molar-refractivity contribution in [2.75, 3.05) is 5.73 Å². The first-order valence-corrected chi connectivity index (χ1v) is 9.58. The fourth-order valence-corrected chi connectivity index (χ4v) is 3.74. The van der Waals surface area contributed by atoms with E-state index in [0.717, 1.165) is 17.7 Å². The summed E-state index contributed by atoms with van der Waals surface area (Å²) in [5, 5.41) is 24.3. The molecule has 2 aromatic heterocycles. The van der Waals surface area contributed by atoms with Crippen LogP contribution in [0, 0.1) is 11.6 Å². The minimum absolute atomic E-state index is 0.120. The number of benzene rings is 2. The van der Waals surface area contributed by atoms with Crippen LogP contribution in [-0.4, -0.2) is 30.1 Å². The van der Waals surface area contributed by atoms with Gasteiger partial charge in [-0.3, -0.25) is 0 Å². The van der Waals surface area contributed by atoms with E-state index in [1.807, 2.05) is 0 Å². The molecule has 0 aliphatic rings. The number of hydrogen-bond acceptors (Lipinski definition) is 7. The first-order chi connectivity index (χ1) is 14.4. The number of anilines is 1. The topological polar surface area (TPSA) is 103 Å². The van der Waals surface area contributed by atoms with E-state index in [-0.39, 0.29) is 17.7 Å². The second-order valence-electron chi connectivity index (χ2n) is 6.58. The van der Waals surface area contributed by atoms with Crippen molar-refractivity contribution < 1.29 is 13.9 Å². The van der Waals surface area contributed by atoms with Gasteiger partial charge < -0.3 is 10.8 Å². The molecule has 0 saturated heterocycles. The van der Waals surface area contributed by atoms with Gasteiger partial charge in [0, 0.05) is 17.2 Å². The lowest BCUT2D eigenvalue weighted by Gasteiger charge is -2.31. The van der Waals surface area contributed by atoms with E-state index in [1.54, 1.807) is 24.3 Å². The molecule has 0 aliphatic heterocycles. The SMILES string of the molecule is C=C(c1ccc(-c2nnc(N)s2)cc1)C(O)(Cn1cncn1)c1ccc(F)cc1F. The minimum Gasteiger partial charge on any atom is -0.378 e. The van der Waals surface area contributed by atoms with Gasteiger partial charge in [-0.25, -0.2) is 18.4 Å². The van der Waals surface area contributed by atoms with Gasteiger partial charge in [-0.2, -0.15) is 5.10 Å². The van der Waals surface area contributed by atoms with Crippen molar-refractivity contribution >= 4 is 22.0 Å². The lowest BCUT2D eigenvalue weighted by Crippen LogP contribution is -2.34.